The lowest BCUT2D eigenvalue weighted by Crippen LogP contribution is -2.26. The molecule has 0 saturated heterocycles. The van der Waals surface area contributed by atoms with Crippen LogP contribution in [0.4, 0.5) is 0 Å². The van der Waals surface area contributed by atoms with Gasteiger partial charge in [0.2, 0.25) is 0 Å². The molecular weight excluding hydrogens is 218 g/mol. The molecule has 2 rings (SSSR count). The average Bonchev–Trinajstić information content (AvgIpc) is 2.69. The Kier molecular flexibility index (Phi) is 3.52. The molecule has 0 fully saturated rings. The average molecular weight is 237 g/mol. The van der Waals surface area contributed by atoms with Crippen LogP contribution in [0.25, 0.3) is 18.3 Å². The maximum atomic E-state index is 4.08. The van der Waals surface area contributed by atoms with Crippen LogP contribution in [0.5, 0.6) is 0 Å². The maximum absolute atomic E-state index is 4.08. The van der Waals surface area contributed by atoms with Crippen LogP contribution < -0.4 is 10.6 Å². The lowest BCUT2D eigenvalue weighted by Gasteiger charge is -2.04. The summed E-state index contributed by atoms with van der Waals surface area (Å²) in [5.74, 6) is 0. The van der Waals surface area contributed by atoms with Crippen LogP contribution in [-0.4, -0.2) is 4.57 Å². The van der Waals surface area contributed by atoms with Crippen molar-refractivity contribution in [3.05, 3.63) is 64.3 Å². The predicted octanol–water partition coefficient (Wildman–Crippen LogP) is 2.94. The Hall–Kier alpha value is -2.02. The van der Waals surface area contributed by atoms with Gasteiger partial charge in [-0.15, -0.1) is 0 Å². The van der Waals surface area contributed by atoms with Gasteiger partial charge in [-0.1, -0.05) is 35.9 Å². The minimum Gasteiger partial charge on any atom is -0.317 e. The van der Waals surface area contributed by atoms with E-state index in [9.17, 15) is 0 Å². The van der Waals surface area contributed by atoms with Crippen LogP contribution in [0.3, 0.4) is 0 Å². The SMILES string of the molecule is C=c1ccn(-c2ccc(C)cc2)/c1=C/C=C(C)C. The number of rotatable bonds is 2. The summed E-state index contributed by atoms with van der Waals surface area (Å²) in [4.78, 5) is 0. The molecular formula is C17H19N. The topological polar surface area (TPSA) is 4.93 Å². The molecule has 0 amide bonds. The first kappa shape index (κ1) is 12.4. The number of nitrogens with zero attached hydrogens (tertiary/aromatic N) is 1. The molecule has 1 heterocycles. The van der Waals surface area contributed by atoms with Gasteiger partial charge in [0.05, 0.1) is 5.35 Å². The van der Waals surface area contributed by atoms with E-state index < -0.39 is 0 Å². The lowest BCUT2D eigenvalue weighted by atomic mass is 10.2. The van der Waals surface area contributed by atoms with E-state index in [1.807, 2.05) is 6.07 Å². The van der Waals surface area contributed by atoms with Crippen molar-refractivity contribution in [2.24, 2.45) is 0 Å². The third-order valence-corrected chi connectivity index (χ3v) is 2.90. The molecule has 0 unspecified atom stereocenters. The molecule has 2 aromatic rings. The summed E-state index contributed by atoms with van der Waals surface area (Å²) in [5, 5.41) is 2.19. The van der Waals surface area contributed by atoms with E-state index in [1.165, 1.54) is 16.8 Å². The zero-order chi connectivity index (χ0) is 13.1. The largest absolute Gasteiger partial charge is 0.317 e. The Morgan fingerprint density at radius 3 is 2.39 bits per heavy atom. The summed E-state index contributed by atoms with van der Waals surface area (Å²) in [6.07, 6.45) is 6.31. The van der Waals surface area contributed by atoms with Gasteiger partial charge in [0.1, 0.15) is 0 Å². The molecule has 0 radical (unpaired) electrons. The Morgan fingerprint density at radius 2 is 1.78 bits per heavy atom. The molecule has 18 heavy (non-hydrogen) atoms. The van der Waals surface area contributed by atoms with E-state index in [0.29, 0.717) is 0 Å². The molecule has 1 aromatic carbocycles. The van der Waals surface area contributed by atoms with Crippen molar-refractivity contribution < 1.29 is 0 Å². The first-order valence-electron chi connectivity index (χ1n) is 6.16. The summed E-state index contributed by atoms with van der Waals surface area (Å²) in [7, 11) is 0. The number of hydrogen-bond donors (Lipinski definition) is 0. The van der Waals surface area contributed by atoms with Crippen LogP contribution in [0.1, 0.15) is 19.4 Å². The van der Waals surface area contributed by atoms with Gasteiger partial charge in [-0.3, -0.25) is 0 Å². The summed E-state index contributed by atoms with van der Waals surface area (Å²) in [5.41, 5.74) is 3.73. The molecule has 1 heteroatoms. The van der Waals surface area contributed by atoms with Crippen molar-refractivity contribution in [3.63, 3.8) is 0 Å². The van der Waals surface area contributed by atoms with Crippen molar-refractivity contribution in [2.75, 3.05) is 0 Å². The zero-order valence-electron chi connectivity index (χ0n) is 11.3. The van der Waals surface area contributed by atoms with Gasteiger partial charge in [-0.05, 0) is 50.3 Å². The second-order valence-electron chi connectivity index (χ2n) is 4.84. The maximum Gasteiger partial charge on any atom is 0.0522 e. The van der Waals surface area contributed by atoms with Gasteiger partial charge in [0.25, 0.3) is 0 Å². The van der Waals surface area contributed by atoms with Crippen LogP contribution in [0.15, 0.2) is 48.2 Å². The Balaban J connectivity index is 2.60. The van der Waals surface area contributed by atoms with Crippen molar-refractivity contribution in [1.29, 1.82) is 0 Å². The first-order chi connectivity index (χ1) is 8.58. The third-order valence-electron chi connectivity index (χ3n) is 2.90. The molecule has 0 aliphatic rings. The molecule has 1 aromatic heterocycles. The second-order valence-corrected chi connectivity index (χ2v) is 4.84. The van der Waals surface area contributed by atoms with Crippen molar-refractivity contribution >= 4 is 12.7 Å². The standard InChI is InChI=1S/C17H19N/c1-13(2)5-10-17-15(4)11-12-18(17)16-8-6-14(3)7-9-16/h5-12H,4H2,1-3H3/b17-10+. The van der Waals surface area contributed by atoms with Crippen LogP contribution in [0, 0.1) is 6.92 Å². The van der Waals surface area contributed by atoms with E-state index >= 15 is 0 Å². The molecule has 0 bridgehead atoms. The summed E-state index contributed by atoms with van der Waals surface area (Å²) >= 11 is 0. The first-order valence-corrected chi connectivity index (χ1v) is 6.16. The molecule has 0 spiro atoms. The van der Waals surface area contributed by atoms with E-state index in [-0.39, 0.29) is 0 Å². The van der Waals surface area contributed by atoms with Crippen LogP contribution in [0.2, 0.25) is 0 Å². The number of hydrogen-bond acceptors (Lipinski definition) is 0. The van der Waals surface area contributed by atoms with Crippen LogP contribution >= 0.6 is 0 Å². The summed E-state index contributed by atoms with van der Waals surface area (Å²) in [6.45, 7) is 10.4. The Bertz CT molecular complexity index is 665. The van der Waals surface area contributed by atoms with Gasteiger partial charge in [0, 0.05) is 11.9 Å². The van der Waals surface area contributed by atoms with E-state index in [2.05, 4.69) is 74.5 Å². The van der Waals surface area contributed by atoms with E-state index in [4.69, 9.17) is 0 Å². The van der Waals surface area contributed by atoms with Gasteiger partial charge in [-0.2, -0.15) is 0 Å². The fraction of sp³-hybridized carbons (Fsp3) is 0.176. The summed E-state index contributed by atoms with van der Waals surface area (Å²) in [6, 6.07) is 10.6. The zero-order valence-corrected chi connectivity index (χ0v) is 11.3. The lowest BCUT2D eigenvalue weighted by molar-refractivity contribution is 1.03. The van der Waals surface area contributed by atoms with E-state index in [1.54, 1.807) is 0 Å². The number of aromatic nitrogens is 1. The quantitative estimate of drug-likeness (QED) is 0.757. The smallest absolute Gasteiger partial charge is 0.0522 e. The van der Waals surface area contributed by atoms with Gasteiger partial charge in [0.15, 0.2) is 0 Å². The highest BCUT2D eigenvalue weighted by molar-refractivity contribution is 5.42. The molecule has 0 atom stereocenters. The molecule has 0 N–H and O–H groups in total. The highest BCUT2D eigenvalue weighted by Crippen LogP contribution is 2.06. The number of aryl methyl sites for hydroxylation is 1. The van der Waals surface area contributed by atoms with Crippen LogP contribution in [-0.2, 0) is 0 Å². The fourth-order valence-corrected chi connectivity index (χ4v) is 1.85. The van der Waals surface area contributed by atoms with Gasteiger partial charge < -0.3 is 4.57 Å². The minimum atomic E-state index is 1.05. The van der Waals surface area contributed by atoms with Crippen molar-refractivity contribution in [1.82, 2.24) is 4.57 Å². The predicted molar refractivity (Wildman–Crippen MR) is 79.2 cm³/mol. The van der Waals surface area contributed by atoms with Gasteiger partial charge in [-0.25, -0.2) is 0 Å². The van der Waals surface area contributed by atoms with Gasteiger partial charge >= 0.3 is 0 Å². The number of benzene rings is 1. The minimum absolute atomic E-state index is 1.05. The second kappa shape index (κ2) is 5.09. The summed E-state index contributed by atoms with van der Waals surface area (Å²) < 4.78 is 2.17. The highest BCUT2D eigenvalue weighted by atomic mass is 15.0. The fourth-order valence-electron chi connectivity index (χ4n) is 1.85. The molecule has 0 aliphatic carbocycles. The molecule has 92 valence electrons. The Morgan fingerprint density at radius 1 is 1.11 bits per heavy atom. The normalized spacial score (nSPS) is 11.6. The number of allylic oxidation sites excluding steroid dienone is 2. The van der Waals surface area contributed by atoms with Crippen molar-refractivity contribution in [3.8, 4) is 5.69 Å². The highest BCUT2D eigenvalue weighted by Gasteiger charge is 1.97. The molecule has 1 nitrogen and oxygen atoms in total. The molecule has 0 aliphatic heterocycles. The molecule has 0 saturated carbocycles. The third kappa shape index (κ3) is 2.62. The van der Waals surface area contributed by atoms with E-state index in [0.717, 1.165) is 10.6 Å². The Labute approximate surface area is 108 Å². The van der Waals surface area contributed by atoms with Crippen molar-refractivity contribution in [2.45, 2.75) is 20.8 Å². The monoisotopic (exact) mass is 237 g/mol.